The van der Waals surface area contributed by atoms with E-state index in [4.69, 9.17) is 0 Å². The fourth-order valence-electron chi connectivity index (χ4n) is 6.91. The van der Waals surface area contributed by atoms with Gasteiger partial charge in [0.2, 0.25) is 0 Å². The first kappa shape index (κ1) is 18.3. The van der Waals surface area contributed by atoms with Gasteiger partial charge in [-0.05, 0) is 18.6 Å². The summed E-state index contributed by atoms with van der Waals surface area (Å²) in [5, 5.41) is 27.1. The molecule has 3 atom stereocenters. The fourth-order valence-corrected chi connectivity index (χ4v) is 6.91. The lowest BCUT2D eigenvalue weighted by atomic mass is 9.95. The summed E-state index contributed by atoms with van der Waals surface area (Å²) >= 11 is 0. The van der Waals surface area contributed by atoms with E-state index in [1.807, 2.05) is 53.1 Å². The molecule has 166 valence electrons. The lowest BCUT2D eigenvalue weighted by Gasteiger charge is -2.29. The molecule has 8 rings (SSSR count). The zero-order chi connectivity index (χ0) is 23.1. The number of aliphatic carboxylic acids is 1. The highest BCUT2D eigenvalue weighted by Gasteiger charge is 2.56. The Labute approximate surface area is 191 Å². The van der Waals surface area contributed by atoms with Crippen LogP contribution in [0.2, 0.25) is 0 Å². The number of carbonyl (C=O) groups is 3. The van der Waals surface area contributed by atoms with Crippen molar-refractivity contribution in [1.82, 2.24) is 14.5 Å². The number of carboxylic acid groups (broad SMARTS) is 1. The number of carbonyl (C=O) groups excluding carboxylic acids is 2. The van der Waals surface area contributed by atoms with Crippen LogP contribution < -0.4 is 5.32 Å². The molecule has 3 aromatic carbocycles. The molecule has 2 aliphatic heterocycles. The van der Waals surface area contributed by atoms with Crippen molar-refractivity contribution < 1.29 is 24.6 Å². The highest BCUT2D eigenvalue weighted by atomic mass is 16.4. The second-order valence-electron chi connectivity index (χ2n) is 9.59. The summed E-state index contributed by atoms with van der Waals surface area (Å²) in [4.78, 5) is 38.7. The zero-order valence-electron chi connectivity index (χ0n) is 17.7. The molecule has 5 aromatic rings. The minimum absolute atomic E-state index is 0.0520. The number of amides is 2. The Morgan fingerprint density at radius 3 is 2.00 bits per heavy atom. The fraction of sp³-hybridized carbons (Fsp3) is 0.192. The first-order valence-electron chi connectivity index (χ1n) is 11.2. The van der Waals surface area contributed by atoms with Gasteiger partial charge >= 0.3 is 5.97 Å². The Morgan fingerprint density at radius 2 is 1.41 bits per heavy atom. The molecule has 2 bridgehead atoms. The van der Waals surface area contributed by atoms with Crippen LogP contribution in [0.4, 0.5) is 0 Å². The van der Waals surface area contributed by atoms with Gasteiger partial charge in [-0.3, -0.25) is 14.9 Å². The van der Waals surface area contributed by atoms with Crippen molar-refractivity contribution in [3.8, 4) is 0 Å². The molecule has 0 spiro atoms. The van der Waals surface area contributed by atoms with Crippen molar-refractivity contribution in [3.05, 3.63) is 59.7 Å². The van der Waals surface area contributed by atoms with Gasteiger partial charge in [0.25, 0.3) is 11.8 Å². The van der Waals surface area contributed by atoms with E-state index >= 15 is 0 Å². The van der Waals surface area contributed by atoms with Gasteiger partial charge < -0.3 is 19.3 Å². The van der Waals surface area contributed by atoms with Crippen LogP contribution in [-0.4, -0.2) is 42.7 Å². The topological polar surface area (TPSA) is 114 Å². The monoisotopic (exact) mass is 451 g/mol. The number of imide groups is 1. The summed E-state index contributed by atoms with van der Waals surface area (Å²) in [6.07, 6.45) is 0.472. The maximum atomic E-state index is 13.1. The number of rotatable bonds is 1. The molecule has 4 heterocycles. The van der Waals surface area contributed by atoms with Crippen LogP contribution in [0.15, 0.2) is 48.5 Å². The summed E-state index contributed by atoms with van der Waals surface area (Å²) in [5.41, 5.74) is 1.84. The number of hydrogen-bond acceptors (Lipinski definition) is 4. The lowest BCUT2D eigenvalue weighted by molar-refractivity contribution is -0.161. The Morgan fingerprint density at radius 1 is 0.882 bits per heavy atom. The predicted octanol–water partition coefficient (Wildman–Crippen LogP) is 3.49. The van der Waals surface area contributed by atoms with Crippen LogP contribution in [0.3, 0.4) is 0 Å². The van der Waals surface area contributed by atoms with Crippen LogP contribution in [0, 0.1) is 0 Å². The highest BCUT2D eigenvalue weighted by molar-refractivity contribution is 6.39. The van der Waals surface area contributed by atoms with Crippen LogP contribution in [0.5, 0.6) is 0 Å². The molecule has 2 unspecified atom stereocenters. The maximum Gasteiger partial charge on any atom is 0.337 e. The second-order valence-corrected chi connectivity index (χ2v) is 9.59. The first-order valence-corrected chi connectivity index (χ1v) is 11.2. The normalized spacial score (nSPS) is 25.1. The van der Waals surface area contributed by atoms with Gasteiger partial charge in [-0.25, -0.2) is 4.79 Å². The molecule has 34 heavy (non-hydrogen) atoms. The van der Waals surface area contributed by atoms with E-state index in [1.165, 1.54) is 0 Å². The Bertz CT molecular complexity index is 1840. The van der Waals surface area contributed by atoms with Gasteiger partial charge in [-0.2, -0.15) is 0 Å². The molecule has 8 heteroatoms. The molecule has 1 saturated carbocycles. The van der Waals surface area contributed by atoms with E-state index in [-0.39, 0.29) is 12.5 Å². The van der Waals surface area contributed by atoms with Gasteiger partial charge in [-0.1, -0.05) is 36.4 Å². The zero-order valence-corrected chi connectivity index (χ0v) is 17.7. The number of aliphatic hydroxyl groups is 1. The SMILES string of the molecule is O=C1NC(=O)c2c1c1c3ccccc3n3c1c1c2c2ccccc2n1C1CC3C[C@@]1(O)C(=O)O. The van der Waals surface area contributed by atoms with Crippen LogP contribution in [0.25, 0.3) is 43.6 Å². The largest absolute Gasteiger partial charge is 0.479 e. The van der Waals surface area contributed by atoms with Gasteiger partial charge in [-0.15, -0.1) is 0 Å². The molecule has 1 aliphatic carbocycles. The Kier molecular flexibility index (Phi) is 2.95. The van der Waals surface area contributed by atoms with E-state index in [9.17, 15) is 24.6 Å². The van der Waals surface area contributed by atoms with E-state index in [0.717, 1.165) is 27.3 Å². The third-order valence-corrected chi connectivity index (χ3v) is 8.12. The summed E-state index contributed by atoms with van der Waals surface area (Å²) in [5.74, 6) is -2.13. The summed E-state index contributed by atoms with van der Waals surface area (Å²) in [6.45, 7) is 0. The second kappa shape index (κ2) is 5.48. The molecule has 3 N–H and O–H groups in total. The minimum atomic E-state index is -1.97. The average Bonchev–Trinajstić information content (AvgIpc) is 3.49. The van der Waals surface area contributed by atoms with Gasteiger partial charge in [0.1, 0.15) is 0 Å². The number of carboxylic acids is 1. The molecular weight excluding hydrogens is 434 g/mol. The molecule has 8 nitrogen and oxygen atoms in total. The number of fused-ring (bicyclic) bond motifs is 13. The third-order valence-electron chi connectivity index (χ3n) is 8.12. The highest BCUT2D eigenvalue weighted by Crippen LogP contribution is 2.56. The van der Waals surface area contributed by atoms with Crippen LogP contribution in [-0.2, 0) is 4.79 Å². The molecule has 1 fully saturated rings. The Balaban J connectivity index is 1.76. The minimum Gasteiger partial charge on any atom is -0.479 e. The van der Waals surface area contributed by atoms with Gasteiger partial charge in [0.15, 0.2) is 5.60 Å². The number of benzene rings is 3. The first-order chi connectivity index (χ1) is 16.4. The molecule has 0 saturated heterocycles. The van der Waals surface area contributed by atoms with Crippen LogP contribution >= 0.6 is 0 Å². The number of para-hydroxylation sites is 2. The number of nitrogens with one attached hydrogen (secondary N) is 1. The summed E-state index contributed by atoms with van der Waals surface area (Å²) in [6, 6.07) is 14.2. The lowest BCUT2D eigenvalue weighted by Crippen LogP contribution is -2.43. The smallest absolute Gasteiger partial charge is 0.337 e. The molecule has 0 radical (unpaired) electrons. The quantitative estimate of drug-likeness (QED) is 0.338. The van der Waals surface area contributed by atoms with Crippen molar-refractivity contribution in [2.45, 2.75) is 30.5 Å². The number of hydrogen-bond donors (Lipinski definition) is 3. The maximum absolute atomic E-state index is 13.1. The van der Waals surface area contributed by atoms with Crippen molar-refractivity contribution >= 4 is 61.4 Å². The van der Waals surface area contributed by atoms with Gasteiger partial charge in [0.05, 0.1) is 28.2 Å². The van der Waals surface area contributed by atoms with E-state index < -0.39 is 29.4 Å². The molecule has 2 amide bonds. The van der Waals surface area contributed by atoms with E-state index in [2.05, 4.69) is 9.88 Å². The Hall–Kier alpha value is -4.17. The van der Waals surface area contributed by atoms with E-state index in [1.54, 1.807) is 0 Å². The van der Waals surface area contributed by atoms with E-state index in [0.29, 0.717) is 33.8 Å². The number of nitrogens with zero attached hydrogens (tertiary/aromatic N) is 2. The van der Waals surface area contributed by atoms with Crippen molar-refractivity contribution in [3.63, 3.8) is 0 Å². The molecule has 3 aliphatic rings. The molecular formula is C26H17N3O5. The van der Waals surface area contributed by atoms with Crippen molar-refractivity contribution in [2.24, 2.45) is 0 Å². The van der Waals surface area contributed by atoms with Crippen LogP contribution in [0.1, 0.15) is 45.6 Å². The summed E-state index contributed by atoms with van der Waals surface area (Å²) < 4.78 is 4.01. The summed E-state index contributed by atoms with van der Waals surface area (Å²) in [7, 11) is 0. The average molecular weight is 451 g/mol. The number of aromatic nitrogens is 2. The molecule has 2 aromatic heterocycles. The predicted molar refractivity (Wildman–Crippen MR) is 124 cm³/mol. The standard InChI is InChI=1S/C26H17N3O5/c30-23-19-17-12-5-1-3-7-14(12)28-11-9-16(26(34,10-11)25(32)33)29-15-8-4-2-6-13(15)18(22(29)21(17)28)20(19)24(31)27-23/h1-8,11,16,34H,9-10H2,(H,32,33)(H,27,30,31)/t11?,16?,26-/m0/s1. The van der Waals surface area contributed by atoms with Crippen molar-refractivity contribution in [2.75, 3.05) is 0 Å². The van der Waals surface area contributed by atoms with Gasteiger partial charge in [0, 0.05) is 45.0 Å². The van der Waals surface area contributed by atoms with Crippen molar-refractivity contribution in [1.29, 1.82) is 0 Å². The third kappa shape index (κ3) is 1.76.